The summed E-state index contributed by atoms with van der Waals surface area (Å²) >= 11 is 0. The summed E-state index contributed by atoms with van der Waals surface area (Å²) in [5.74, 6) is 1.17. The van der Waals surface area contributed by atoms with Gasteiger partial charge >= 0.3 is 0 Å². The van der Waals surface area contributed by atoms with Gasteiger partial charge in [-0.15, -0.1) is 6.58 Å². The molecule has 1 fully saturated rings. The number of allylic oxidation sites excluding steroid dienone is 6. The van der Waals surface area contributed by atoms with E-state index in [1.165, 1.54) is 23.1 Å². The first kappa shape index (κ1) is 41.4. The van der Waals surface area contributed by atoms with Gasteiger partial charge in [0.15, 0.2) is 5.82 Å². The van der Waals surface area contributed by atoms with Gasteiger partial charge < -0.3 is 15.8 Å². The number of benzene rings is 1. The van der Waals surface area contributed by atoms with Gasteiger partial charge in [-0.3, -0.25) is 4.99 Å². The molecule has 0 aliphatic heterocycles. The van der Waals surface area contributed by atoms with E-state index in [1.54, 1.807) is 13.1 Å². The average Bonchev–Trinajstić information content (AvgIpc) is 3.02. The molecular formula is C40H62N4O. The zero-order chi connectivity index (χ0) is 34.5. The smallest absolute Gasteiger partial charge is 0.152 e. The zero-order valence-electron chi connectivity index (χ0n) is 30.3. The topological polar surface area (TPSA) is 81.4 Å². The molecule has 2 aromatic rings. The number of anilines is 1. The van der Waals surface area contributed by atoms with E-state index < -0.39 is 0 Å². The van der Waals surface area contributed by atoms with Crippen molar-refractivity contribution in [1.82, 2.24) is 4.98 Å². The molecular weight excluding hydrogens is 552 g/mol. The molecule has 0 spiro atoms. The van der Waals surface area contributed by atoms with E-state index in [0.717, 1.165) is 71.6 Å². The molecule has 1 aromatic carbocycles. The van der Waals surface area contributed by atoms with Crippen molar-refractivity contribution in [2.24, 2.45) is 10.9 Å². The fourth-order valence-electron chi connectivity index (χ4n) is 4.67. The molecule has 5 heteroatoms. The Kier molecular flexibility index (Phi) is 21.1. The van der Waals surface area contributed by atoms with E-state index in [4.69, 9.17) is 5.41 Å². The minimum absolute atomic E-state index is 0.169. The number of hydrogen-bond acceptors (Lipinski definition) is 5. The van der Waals surface area contributed by atoms with Gasteiger partial charge in [-0.2, -0.15) is 0 Å². The number of aliphatic hydroxyl groups excluding tert-OH is 1. The molecule has 1 aromatic heterocycles. The van der Waals surface area contributed by atoms with Crippen LogP contribution in [-0.2, 0) is 6.42 Å². The Balaban J connectivity index is 0.000000717. The fraction of sp³-hybridized carbons (Fsp3) is 0.475. The summed E-state index contributed by atoms with van der Waals surface area (Å²) in [6, 6.07) is 8.45. The highest BCUT2D eigenvalue weighted by molar-refractivity contribution is 6.10. The van der Waals surface area contributed by atoms with Crippen LogP contribution < -0.4 is 5.32 Å². The van der Waals surface area contributed by atoms with E-state index >= 15 is 0 Å². The van der Waals surface area contributed by atoms with Crippen LogP contribution in [0.1, 0.15) is 109 Å². The van der Waals surface area contributed by atoms with Gasteiger partial charge in [-0.05, 0) is 120 Å². The number of aliphatic imine (C=N–C) groups is 1. The SMILES string of the molecule is C=C(C(C)=N)/C(=C\C=C/C)c1ccc(C)c(C)c1.C=C(C)CC.CC.CC=Nc1c(C)cc(CC2CCCCC2O)nc1NC. The second-order valence-corrected chi connectivity index (χ2v) is 11.4. The largest absolute Gasteiger partial charge is 0.393 e. The number of rotatable bonds is 9. The summed E-state index contributed by atoms with van der Waals surface area (Å²) < 4.78 is 0. The van der Waals surface area contributed by atoms with Crippen molar-refractivity contribution in [1.29, 1.82) is 5.41 Å². The number of aliphatic hydroxyl groups is 1. The molecule has 0 saturated heterocycles. The molecule has 2 atom stereocenters. The maximum atomic E-state index is 10.1. The predicted molar refractivity (Wildman–Crippen MR) is 202 cm³/mol. The van der Waals surface area contributed by atoms with Crippen molar-refractivity contribution in [3.05, 3.63) is 94.7 Å². The van der Waals surface area contributed by atoms with Crippen molar-refractivity contribution >= 4 is 29.0 Å². The first-order valence-corrected chi connectivity index (χ1v) is 16.5. The van der Waals surface area contributed by atoms with E-state index in [-0.39, 0.29) is 6.10 Å². The summed E-state index contributed by atoms with van der Waals surface area (Å²) in [6.07, 6.45) is 14.0. The molecule has 1 heterocycles. The summed E-state index contributed by atoms with van der Waals surface area (Å²) in [5.41, 5.74) is 10.3. The Hall–Kier alpha value is -3.57. The Bertz CT molecular complexity index is 1320. The van der Waals surface area contributed by atoms with Gasteiger partial charge in [0.1, 0.15) is 5.69 Å². The summed E-state index contributed by atoms with van der Waals surface area (Å²) in [5, 5.41) is 21.0. The number of nitrogens with zero attached hydrogens (tertiary/aromatic N) is 2. The highest BCUT2D eigenvalue weighted by Gasteiger charge is 2.24. The van der Waals surface area contributed by atoms with Gasteiger partial charge in [-0.1, -0.05) is 82.2 Å². The first-order chi connectivity index (χ1) is 21.4. The molecule has 45 heavy (non-hydrogen) atoms. The van der Waals surface area contributed by atoms with E-state index in [1.807, 2.05) is 59.9 Å². The van der Waals surface area contributed by atoms with Crippen molar-refractivity contribution in [2.75, 3.05) is 12.4 Å². The van der Waals surface area contributed by atoms with Gasteiger partial charge in [0.2, 0.25) is 0 Å². The molecule has 3 rings (SSSR count). The lowest BCUT2D eigenvalue weighted by atomic mass is 9.83. The molecule has 3 N–H and O–H groups in total. The van der Waals surface area contributed by atoms with Crippen molar-refractivity contribution in [3.63, 3.8) is 0 Å². The van der Waals surface area contributed by atoms with Crippen LogP contribution in [0.25, 0.3) is 5.57 Å². The lowest BCUT2D eigenvalue weighted by molar-refractivity contribution is 0.0695. The average molecular weight is 615 g/mol. The van der Waals surface area contributed by atoms with Gasteiger partial charge in [0, 0.05) is 24.7 Å². The molecule has 248 valence electrons. The van der Waals surface area contributed by atoms with Crippen LogP contribution in [0.2, 0.25) is 0 Å². The molecule has 1 aliphatic carbocycles. The van der Waals surface area contributed by atoms with Crippen LogP contribution >= 0.6 is 0 Å². The van der Waals surface area contributed by atoms with E-state index in [0.29, 0.717) is 11.6 Å². The molecule has 1 aliphatic rings. The molecule has 0 amide bonds. The Morgan fingerprint density at radius 2 is 1.67 bits per heavy atom. The van der Waals surface area contributed by atoms with Crippen molar-refractivity contribution in [2.45, 2.75) is 114 Å². The fourth-order valence-corrected chi connectivity index (χ4v) is 4.67. The van der Waals surface area contributed by atoms with Crippen LogP contribution in [0, 0.1) is 32.1 Å². The van der Waals surface area contributed by atoms with Crippen LogP contribution in [0.4, 0.5) is 11.5 Å². The summed E-state index contributed by atoms with van der Waals surface area (Å²) in [7, 11) is 1.87. The van der Waals surface area contributed by atoms with Gasteiger partial charge in [0.05, 0.1) is 6.10 Å². The minimum atomic E-state index is -0.169. The number of pyridine rings is 1. The lowest BCUT2D eigenvalue weighted by Crippen LogP contribution is -2.26. The normalized spacial score (nSPS) is 16.0. The van der Waals surface area contributed by atoms with Crippen LogP contribution in [0.5, 0.6) is 0 Å². The van der Waals surface area contributed by atoms with Gasteiger partial charge in [0.25, 0.3) is 0 Å². The second-order valence-electron chi connectivity index (χ2n) is 11.4. The zero-order valence-corrected chi connectivity index (χ0v) is 30.3. The number of hydrogen-bond donors (Lipinski definition) is 3. The third-order valence-electron chi connectivity index (χ3n) is 7.73. The highest BCUT2D eigenvalue weighted by Crippen LogP contribution is 2.31. The van der Waals surface area contributed by atoms with Crippen LogP contribution in [0.15, 0.2) is 71.8 Å². The Morgan fingerprint density at radius 1 is 1.04 bits per heavy atom. The third-order valence-corrected chi connectivity index (χ3v) is 7.73. The van der Waals surface area contributed by atoms with E-state index in [2.05, 4.69) is 80.4 Å². The van der Waals surface area contributed by atoms with Crippen LogP contribution in [-0.4, -0.2) is 35.2 Å². The number of aryl methyl sites for hydroxylation is 3. The molecule has 1 saturated carbocycles. The monoisotopic (exact) mass is 614 g/mol. The Labute approximate surface area is 275 Å². The maximum Gasteiger partial charge on any atom is 0.152 e. The summed E-state index contributed by atoms with van der Waals surface area (Å²) in [6.45, 7) is 27.7. The predicted octanol–water partition coefficient (Wildman–Crippen LogP) is 11.1. The lowest BCUT2D eigenvalue weighted by Gasteiger charge is -2.27. The quantitative estimate of drug-likeness (QED) is 0.149. The minimum Gasteiger partial charge on any atom is -0.393 e. The molecule has 2 unspecified atom stereocenters. The number of nitrogens with one attached hydrogen (secondary N) is 2. The van der Waals surface area contributed by atoms with Gasteiger partial charge in [-0.25, -0.2) is 4.98 Å². The highest BCUT2D eigenvalue weighted by atomic mass is 16.3. The molecule has 0 bridgehead atoms. The van der Waals surface area contributed by atoms with Crippen molar-refractivity contribution in [3.8, 4) is 0 Å². The standard InChI is InChI=1S/C17H21N.C16H25N3O.C5H10.C2H6/c1-6-7-8-17(14(4)15(5)18)16-10-9-12(2)13(3)11-16;1-4-18-15-11(2)9-13(19-16(15)17-3)10-12-7-5-6-8-14(12)20;1-4-5(2)3;1-2/h6-11,18H,4H2,1-3,5H3;4,9,12,14,20H,5-8,10H2,1-3H3,(H,17,19);2,4H2,1,3H3;1-2H3/b7-6-,17-8+,18-15?;;;. The Morgan fingerprint density at radius 3 is 2.16 bits per heavy atom. The molecule has 0 radical (unpaired) electrons. The molecule has 5 nitrogen and oxygen atoms in total. The third kappa shape index (κ3) is 14.8. The summed E-state index contributed by atoms with van der Waals surface area (Å²) in [4.78, 5) is 9.04. The van der Waals surface area contributed by atoms with Crippen molar-refractivity contribution < 1.29 is 5.11 Å². The van der Waals surface area contributed by atoms with E-state index in [9.17, 15) is 5.11 Å². The second kappa shape index (κ2) is 22.9. The van der Waals surface area contributed by atoms with Crippen LogP contribution in [0.3, 0.4) is 0 Å². The number of aromatic nitrogens is 1. The first-order valence-electron chi connectivity index (χ1n) is 16.5. The maximum absolute atomic E-state index is 10.1.